The van der Waals surface area contributed by atoms with Crippen LogP contribution in [0.25, 0.3) is 10.8 Å². The van der Waals surface area contributed by atoms with Gasteiger partial charge in [0.1, 0.15) is 17.7 Å². The summed E-state index contributed by atoms with van der Waals surface area (Å²) in [6, 6.07) is 10.8. The SMILES string of the molecule is CC1=C(C)C(c2ccc(C(F)(F)F)c(F)c2)n2nc(C(=O)O)cc2N1.O=CNc1ccc2cnccc2c1. The zero-order chi connectivity index (χ0) is 27.6. The van der Waals surface area contributed by atoms with Crippen molar-refractivity contribution in [2.75, 3.05) is 10.6 Å². The van der Waals surface area contributed by atoms with E-state index in [-0.39, 0.29) is 11.3 Å². The maximum absolute atomic E-state index is 14.0. The Morgan fingerprint density at radius 3 is 2.53 bits per heavy atom. The molecule has 1 amide bonds. The third-order valence-corrected chi connectivity index (χ3v) is 6.00. The third kappa shape index (κ3) is 5.33. The molecule has 1 aliphatic rings. The standard InChI is InChI=1S/C16H13F4N3O2.C10H8N2O/c1-7-8(2)21-13-6-12(15(24)25)22-23(13)14(7)9-3-4-10(11(17)5-9)16(18,19)20;13-7-12-10-2-1-9-6-11-4-3-8(9)5-10/h3-6,14,21H,1-2H3,(H,24,25);1-7H,(H,12,13). The average Bonchev–Trinajstić information content (AvgIpc) is 3.28. The highest BCUT2D eigenvalue weighted by Crippen LogP contribution is 2.38. The second-order valence-corrected chi connectivity index (χ2v) is 8.44. The number of carboxylic acids is 1. The number of anilines is 2. The normalized spacial score (nSPS) is 14.7. The van der Waals surface area contributed by atoms with Crippen molar-refractivity contribution in [3.05, 3.63) is 94.8 Å². The predicted octanol–water partition coefficient (Wildman–Crippen LogP) is 5.85. The van der Waals surface area contributed by atoms with Gasteiger partial charge in [0.15, 0.2) is 5.69 Å². The van der Waals surface area contributed by atoms with Crippen LogP contribution in [0.3, 0.4) is 0 Å². The molecule has 196 valence electrons. The van der Waals surface area contributed by atoms with Gasteiger partial charge < -0.3 is 15.7 Å². The van der Waals surface area contributed by atoms with Crippen LogP contribution in [0.2, 0.25) is 0 Å². The molecule has 0 saturated heterocycles. The first-order valence-electron chi connectivity index (χ1n) is 11.2. The van der Waals surface area contributed by atoms with Crippen LogP contribution in [0.15, 0.2) is 72.2 Å². The van der Waals surface area contributed by atoms with Crippen LogP contribution >= 0.6 is 0 Å². The number of rotatable bonds is 4. The number of aromatic carboxylic acids is 1. The average molecular weight is 527 g/mol. The van der Waals surface area contributed by atoms with Crippen molar-refractivity contribution in [2.24, 2.45) is 0 Å². The molecule has 4 aromatic rings. The molecule has 0 radical (unpaired) electrons. The molecule has 3 N–H and O–H groups in total. The fourth-order valence-electron chi connectivity index (χ4n) is 4.03. The summed E-state index contributed by atoms with van der Waals surface area (Å²) in [5.74, 6) is -2.26. The maximum Gasteiger partial charge on any atom is 0.419 e. The Balaban J connectivity index is 0.000000216. The lowest BCUT2D eigenvalue weighted by molar-refractivity contribution is -0.140. The molecular weight excluding hydrogens is 506 g/mol. The Morgan fingerprint density at radius 2 is 1.87 bits per heavy atom. The van der Waals surface area contributed by atoms with Crippen molar-refractivity contribution in [3.8, 4) is 0 Å². The number of fused-ring (bicyclic) bond motifs is 2. The highest BCUT2D eigenvalue weighted by Gasteiger charge is 2.35. The Kier molecular flexibility index (Phi) is 7.15. The number of carboxylic acid groups (broad SMARTS) is 1. The predicted molar refractivity (Wildman–Crippen MR) is 132 cm³/mol. The molecule has 1 aliphatic heterocycles. The molecule has 3 heterocycles. The Labute approximate surface area is 213 Å². The molecular formula is C26H21F4N5O3. The quantitative estimate of drug-likeness (QED) is 0.227. The van der Waals surface area contributed by atoms with Crippen molar-refractivity contribution >= 4 is 34.7 Å². The summed E-state index contributed by atoms with van der Waals surface area (Å²) in [7, 11) is 0. The molecule has 0 bridgehead atoms. The Bertz CT molecular complexity index is 1560. The summed E-state index contributed by atoms with van der Waals surface area (Å²) in [5, 5.41) is 20.8. The minimum Gasteiger partial charge on any atom is -0.476 e. The maximum atomic E-state index is 14.0. The molecule has 0 aliphatic carbocycles. The van der Waals surface area contributed by atoms with Gasteiger partial charge in [-0.25, -0.2) is 13.9 Å². The van der Waals surface area contributed by atoms with E-state index < -0.39 is 29.6 Å². The first-order valence-corrected chi connectivity index (χ1v) is 11.2. The number of allylic oxidation sites excluding steroid dienone is 2. The van der Waals surface area contributed by atoms with Crippen LogP contribution in [0.1, 0.15) is 41.5 Å². The summed E-state index contributed by atoms with van der Waals surface area (Å²) in [5.41, 5.74) is 0.845. The number of halogens is 4. The number of hydrogen-bond donors (Lipinski definition) is 3. The summed E-state index contributed by atoms with van der Waals surface area (Å²) < 4.78 is 53.5. The number of carbonyl (C=O) groups excluding carboxylic acids is 1. The van der Waals surface area contributed by atoms with Crippen LogP contribution in [0, 0.1) is 5.82 Å². The van der Waals surface area contributed by atoms with E-state index in [2.05, 4.69) is 20.7 Å². The van der Waals surface area contributed by atoms with Gasteiger partial charge in [-0.05, 0) is 60.7 Å². The van der Waals surface area contributed by atoms with Crippen molar-refractivity contribution in [3.63, 3.8) is 0 Å². The van der Waals surface area contributed by atoms with Gasteiger partial charge in [-0.2, -0.15) is 18.3 Å². The van der Waals surface area contributed by atoms with Crippen molar-refractivity contribution in [1.82, 2.24) is 14.8 Å². The van der Waals surface area contributed by atoms with Gasteiger partial charge in [0.2, 0.25) is 6.41 Å². The number of hydrogen-bond acceptors (Lipinski definition) is 5. The zero-order valence-electron chi connectivity index (χ0n) is 20.0. The van der Waals surface area contributed by atoms with Crippen LogP contribution in [0.4, 0.5) is 29.1 Å². The summed E-state index contributed by atoms with van der Waals surface area (Å²) in [6.45, 7) is 3.45. The smallest absolute Gasteiger partial charge is 0.419 e. The Hall–Kier alpha value is -4.74. The van der Waals surface area contributed by atoms with Gasteiger partial charge in [-0.1, -0.05) is 12.1 Å². The molecule has 2 aromatic heterocycles. The van der Waals surface area contributed by atoms with Crippen LogP contribution in [-0.4, -0.2) is 32.3 Å². The highest BCUT2D eigenvalue weighted by atomic mass is 19.4. The van der Waals surface area contributed by atoms with Gasteiger partial charge >= 0.3 is 12.1 Å². The van der Waals surface area contributed by atoms with Crippen LogP contribution < -0.4 is 10.6 Å². The van der Waals surface area contributed by atoms with E-state index in [1.54, 1.807) is 26.2 Å². The summed E-state index contributed by atoms with van der Waals surface area (Å²) in [4.78, 5) is 25.3. The molecule has 12 heteroatoms. The van der Waals surface area contributed by atoms with Crippen LogP contribution in [0.5, 0.6) is 0 Å². The van der Waals surface area contributed by atoms with E-state index in [4.69, 9.17) is 5.11 Å². The zero-order valence-corrected chi connectivity index (χ0v) is 20.0. The van der Waals surface area contributed by atoms with Crippen molar-refractivity contribution in [1.29, 1.82) is 0 Å². The number of amides is 1. The lowest BCUT2D eigenvalue weighted by Crippen LogP contribution is -2.23. The second-order valence-electron chi connectivity index (χ2n) is 8.44. The monoisotopic (exact) mass is 527 g/mol. The van der Waals surface area contributed by atoms with E-state index in [1.165, 1.54) is 16.8 Å². The first kappa shape index (κ1) is 26.3. The lowest BCUT2D eigenvalue weighted by atomic mass is 9.96. The Morgan fingerprint density at radius 1 is 1.11 bits per heavy atom. The van der Waals surface area contributed by atoms with E-state index >= 15 is 0 Å². The molecule has 1 atom stereocenters. The number of benzene rings is 2. The van der Waals surface area contributed by atoms with Gasteiger partial charge in [0.05, 0.1) is 5.56 Å². The third-order valence-electron chi connectivity index (χ3n) is 6.00. The van der Waals surface area contributed by atoms with E-state index in [9.17, 15) is 27.2 Å². The van der Waals surface area contributed by atoms with Gasteiger partial charge in [-0.3, -0.25) is 9.78 Å². The van der Waals surface area contributed by atoms with Gasteiger partial charge in [0.25, 0.3) is 0 Å². The van der Waals surface area contributed by atoms with Crippen molar-refractivity contribution in [2.45, 2.75) is 26.1 Å². The minimum atomic E-state index is -4.79. The molecule has 1 unspecified atom stereocenters. The summed E-state index contributed by atoms with van der Waals surface area (Å²) >= 11 is 0. The number of pyridine rings is 1. The van der Waals surface area contributed by atoms with Gasteiger partial charge in [0, 0.05) is 35.2 Å². The van der Waals surface area contributed by atoms with E-state index in [0.717, 1.165) is 22.5 Å². The molecule has 0 saturated carbocycles. The molecule has 0 spiro atoms. The molecule has 5 rings (SSSR count). The number of aromatic nitrogens is 3. The first-order chi connectivity index (χ1) is 18.0. The topological polar surface area (TPSA) is 109 Å². The second kappa shape index (κ2) is 10.3. The number of nitrogens with zero attached hydrogens (tertiary/aromatic N) is 3. The lowest BCUT2D eigenvalue weighted by Gasteiger charge is -2.28. The summed E-state index contributed by atoms with van der Waals surface area (Å²) in [6.07, 6.45) is -0.597. The van der Waals surface area contributed by atoms with Crippen LogP contribution in [-0.2, 0) is 11.0 Å². The van der Waals surface area contributed by atoms with Gasteiger partial charge in [-0.15, -0.1) is 0 Å². The van der Waals surface area contributed by atoms with E-state index in [0.29, 0.717) is 29.6 Å². The largest absolute Gasteiger partial charge is 0.476 e. The van der Waals surface area contributed by atoms with E-state index in [1.807, 2.05) is 24.3 Å². The molecule has 8 nitrogen and oxygen atoms in total. The fourth-order valence-corrected chi connectivity index (χ4v) is 4.03. The number of nitrogens with one attached hydrogen (secondary N) is 2. The minimum absolute atomic E-state index is 0.220. The van der Waals surface area contributed by atoms with Crippen molar-refractivity contribution < 1.29 is 32.3 Å². The molecule has 0 fully saturated rings. The molecule has 2 aromatic carbocycles. The fraction of sp³-hybridized carbons (Fsp3) is 0.154. The number of carbonyl (C=O) groups is 2. The number of alkyl halides is 3. The highest BCUT2D eigenvalue weighted by molar-refractivity contribution is 5.87. The molecule has 38 heavy (non-hydrogen) atoms.